The number of halogens is 1. The van der Waals surface area contributed by atoms with Crippen LogP contribution in [0.3, 0.4) is 0 Å². The fourth-order valence-corrected chi connectivity index (χ4v) is 1.25. The second-order valence-corrected chi connectivity index (χ2v) is 5.10. The van der Waals surface area contributed by atoms with Gasteiger partial charge >= 0.3 is 0 Å². The van der Waals surface area contributed by atoms with Crippen molar-refractivity contribution in [2.24, 2.45) is 0 Å². The number of unbranched alkanes of at least 4 members (excludes halogenated alkanes) is 5. The normalized spacial score (nSPS) is 10.9. The SMILES string of the molecule is CCC.CCCC.OCCCCCCCC(O)CCl. The van der Waals surface area contributed by atoms with E-state index in [2.05, 4.69) is 27.7 Å². The van der Waals surface area contributed by atoms with Crippen LogP contribution in [0.4, 0.5) is 0 Å². The van der Waals surface area contributed by atoms with Crippen molar-refractivity contribution in [1.82, 2.24) is 0 Å². The average molecular weight is 297 g/mol. The van der Waals surface area contributed by atoms with E-state index in [-0.39, 0.29) is 6.10 Å². The molecule has 0 spiro atoms. The second-order valence-electron chi connectivity index (χ2n) is 4.80. The summed E-state index contributed by atoms with van der Waals surface area (Å²) in [5.41, 5.74) is 0. The molecule has 0 aromatic rings. The van der Waals surface area contributed by atoms with Gasteiger partial charge in [0.2, 0.25) is 0 Å². The summed E-state index contributed by atoms with van der Waals surface area (Å²) in [6.45, 7) is 8.91. The smallest absolute Gasteiger partial charge is 0.0675 e. The van der Waals surface area contributed by atoms with Crippen LogP contribution in [0, 0.1) is 0 Å². The summed E-state index contributed by atoms with van der Waals surface area (Å²) >= 11 is 5.43. The maximum atomic E-state index is 9.09. The highest BCUT2D eigenvalue weighted by Crippen LogP contribution is 2.07. The molecular weight excluding hydrogens is 260 g/mol. The Balaban J connectivity index is -0.000000303. The van der Waals surface area contributed by atoms with Crippen molar-refractivity contribution in [2.75, 3.05) is 12.5 Å². The molecule has 1 atom stereocenters. The summed E-state index contributed by atoms with van der Waals surface area (Å²) in [7, 11) is 0. The van der Waals surface area contributed by atoms with Crippen molar-refractivity contribution in [1.29, 1.82) is 0 Å². The van der Waals surface area contributed by atoms with Crippen molar-refractivity contribution in [3.8, 4) is 0 Å². The Morgan fingerprint density at radius 1 is 0.842 bits per heavy atom. The van der Waals surface area contributed by atoms with Gasteiger partial charge in [-0.1, -0.05) is 72.6 Å². The molecule has 0 fully saturated rings. The third-order valence-electron chi connectivity index (χ3n) is 2.37. The molecule has 0 amide bonds. The average Bonchev–Trinajstić information content (AvgIpc) is 2.43. The predicted molar refractivity (Wildman–Crippen MR) is 88.1 cm³/mol. The van der Waals surface area contributed by atoms with Crippen LogP contribution in [0.5, 0.6) is 0 Å². The molecule has 19 heavy (non-hydrogen) atoms. The lowest BCUT2D eigenvalue weighted by atomic mass is 10.1. The number of rotatable bonds is 9. The van der Waals surface area contributed by atoms with E-state index in [1.54, 1.807) is 0 Å². The summed E-state index contributed by atoms with van der Waals surface area (Å²) < 4.78 is 0. The maximum Gasteiger partial charge on any atom is 0.0675 e. The summed E-state index contributed by atoms with van der Waals surface area (Å²) in [6, 6.07) is 0. The summed E-state index contributed by atoms with van der Waals surface area (Å²) in [4.78, 5) is 0. The number of hydrogen-bond acceptors (Lipinski definition) is 2. The molecule has 120 valence electrons. The lowest BCUT2D eigenvalue weighted by Gasteiger charge is -2.05. The third-order valence-corrected chi connectivity index (χ3v) is 2.73. The van der Waals surface area contributed by atoms with Gasteiger partial charge in [-0.25, -0.2) is 0 Å². The monoisotopic (exact) mass is 296 g/mol. The Bertz CT molecular complexity index is 119. The van der Waals surface area contributed by atoms with Crippen molar-refractivity contribution in [3.05, 3.63) is 0 Å². The largest absolute Gasteiger partial charge is 0.396 e. The third kappa shape index (κ3) is 38.1. The standard InChI is InChI=1S/C9H19ClO2.C4H10.C3H8/c10-8-9(12)6-4-2-1-3-5-7-11;1-3-4-2;1-3-2/h9,11-12H,1-8H2;3-4H2,1-2H3;3H2,1-2H3. The van der Waals surface area contributed by atoms with Gasteiger partial charge in [0.15, 0.2) is 0 Å². The van der Waals surface area contributed by atoms with Gasteiger partial charge in [0.1, 0.15) is 0 Å². The lowest BCUT2D eigenvalue weighted by molar-refractivity contribution is 0.183. The van der Waals surface area contributed by atoms with Crippen molar-refractivity contribution in [3.63, 3.8) is 0 Å². The van der Waals surface area contributed by atoms with E-state index in [1.165, 1.54) is 19.3 Å². The molecule has 0 saturated carbocycles. The Morgan fingerprint density at radius 2 is 1.26 bits per heavy atom. The molecule has 0 radical (unpaired) electrons. The Hall–Kier alpha value is 0.210. The van der Waals surface area contributed by atoms with Gasteiger partial charge in [0.05, 0.1) is 6.10 Å². The van der Waals surface area contributed by atoms with Crippen LogP contribution >= 0.6 is 11.6 Å². The van der Waals surface area contributed by atoms with E-state index in [4.69, 9.17) is 21.8 Å². The van der Waals surface area contributed by atoms with E-state index in [0.717, 1.165) is 38.5 Å². The molecule has 0 aliphatic rings. The molecule has 0 aliphatic carbocycles. The van der Waals surface area contributed by atoms with E-state index in [0.29, 0.717) is 12.5 Å². The number of aliphatic hydroxyl groups is 2. The van der Waals surface area contributed by atoms with E-state index >= 15 is 0 Å². The van der Waals surface area contributed by atoms with Gasteiger partial charge in [-0.05, 0) is 12.8 Å². The number of hydrogen-bond donors (Lipinski definition) is 2. The molecule has 0 heterocycles. The first-order valence-corrected chi connectivity index (χ1v) is 8.52. The molecule has 0 rings (SSSR count). The quantitative estimate of drug-likeness (QED) is 0.457. The first-order valence-electron chi connectivity index (χ1n) is 7.99. The van der Waals surface area contributed by atoms with Crippen LogP contribution in [-0.2, 0) is 0 Å². The van der Waals surface area contributed by atoms with Crippen molar-refractivity contribution < 1.29 is 10.2 Å². The minimum Gasteiger partial charge on any atom is -0.396 e. The predicted octanol–water partition coefficient (Wildman–Crippen LogP) is 5.14. The zero-order chi connectivity index (χ0) is 15.4. The Labute approximate surface area is 126 Å². The van der Waals surface area contributed by atoms with Gasteiger partial charge in [0, 0.05) is 12.5 Å². The zero-order valence-electron chi connectivity index (χ0n) is 13.6. The molecular formula is C16H37ClO2. The number of alkyl halides is 1. The molecule has 0 aromatic carbocycles. The molecule has 1 unspecified atom stereocenters. The summed E-state index contributed by atoms with van der Waals surface area (Å²) in [5, 5.41) is 17.6. The van der Waals surface area contributed by atoms with E-state index in [9.17, 15) is 0 Å². The number of aliphatic hydroxyl groups excluding tert-OH is 2. The van der Waals surface area contributed by atoms with Crippen LogP contribution < -0.4 is 0 Å². The molecule has 2 N–H and O–H groups in total. The topological polar surface area (TPSA) is 40.5 Å². The molecule has 0 aromatic heterocycles. The first kappa shape index (κ1) is 24.2. The lowest BCUT2D eigenvalue weighted by Crippen LogP contribution is -2.07. The van der Waals surface area contributed by atoms with Gasteiger partial charge in [-0.3, -0.25) is 0 Å². The van der Waals surface area contributed by atoms with Crippen LogP contribution in [0.25, 0.3) is 0 Å². The molecule has 2 nitrogen and oxygen atoms in total. The maximum absolute atomic E-state index is 9.09. The highest BCUT2D eigenvalue weighted by atomic mass is 35.5. The molecule has 0 bridgehead atoms. The van der Waals surface area contributed by atoms with Crippen LogP contribution in [0.1, 0.15) is 85.5 Å². The van der Waals surface area contributed by atoms with Gasteiger partial charge < -0.3 is 10.2 Å². The van der Waals surface area contributed by atoms with Crippen molar-refractivity contribution in [2.45, 2.75) is 91.6 Å². The fraction of sp³-hybridized carbons (Fsp3) is 1.00. The van der Waals surface area contributed by atoms with Gasteiger partial charge in [0.25, 0.3) is 0 Å². The summed E-state index contributed by atoms with van der Waals surface area (Å²) in [5.74, 6) is 0.344. The van der Waals surface area contributed by atoms with Crippen LogP contribution in [0.15, 0.2) is 0 Å². The van der Waals surface area contributed by atoms with Gasteiger partial charge in [-0.2, -0.15) is 0 Å². The highest BCUT2D eigenvalue weighted by Gasteiger charge is 2.00. The van der Waals surface area contributed by atoms with Crippen molar-refractivity contribution >= 4 is 11.6 Å². The van der Waals surface area contributed by atoms with Crippen LogP contribution in [-0.4, -0.2) is 28.8 Å². The second kappa shape index (κ2) is 26.7. The van der Waals surface area contributed by atoms with E-state index in [1.807, 2.05) is 0 Å². The van der Waals surface area contributed by atoms with Gasteiger partial charge in [-0.15, -0.1) is 11.6 Å². The molecule has 0 aliphatic heterocycles. The van der Waals surface area contributed by atoms with E-state index < -0.39 is 0 Å². The Morgan fingerprint density at radius 3 is 1.63 bits per heavy atom. The minimum atomic E-state index is -0.329. The minimum absolute atomic E-state index is 0.296. The fourth-order valence-electron chi connectivity index (χ4n) is 1.10. The Kier molecular flexibility index (Phi) is 34.1. The highest BCUT2D eigenvalue weighted by molar-refractivity contribution is 6.18. The molecule has 0 saturated heterocycles. The summed E-state index contributed by atoms with van der Waals surface area (Å²) in [6.07, 6.45) is 9.68. The van der Waals surface area contributed by atoms with Crippen LogP contribution in [0.2, 0.25) is 0 Å². The molecule has 3 heteroatoms. The zero-order valence-corrected chi connectivity index (χ0v) is 14.4. The first-order chi connectivity index (χ1) is 9.14.